The fourth-order valence-electron chi connectivity index (χ4n) is 3.34. The first-order valence-electron chi connectivity index (χ1n) is 9.16. The average molecular weight is 358 g/mol. The lowest BCUT2D eigenvalue weighted by Gasteiger charge is -2.29. The monoisotopic (exact) mass is 358 g/mol. The Labute approximate surface area is 159 Å². The van der Waals surface area contributed by atoms with Gasteiger partial charge in [-0.1, -0.05) is 18.2 Å². The van der Waals surface area contributed by atoms with Gasteiger partial charge in [-0.3, -0.25) is 9.78 Å². The van der Waals surface area contributed by atoms with Crippen LogP contribution in [0.4, 0.5) is 0 Å². The molecule has 4 nitrogen and oxygen atoms in total. The third kappa shape index (κ3) is 3.70. The standard InChI is InChI=1S/C23H22N2O2/c1-16-5-7-20(12-17(16)2)27-21-8-6-19-9-11-25(23(26)22(19)13-21)15-18-4-3-10-24-14-18/h3-8,10,12-14H,9,11,15H2,1-2H3. The molecule has 4 rings (SSSR count). The van der Waals surface area contributed by atoms with Crippen LogP contribution in [0.15, 0.2) is 60.9 Å². The van der Waals surface area contributed by atoms with Gasteiger partial charge in [-0.2, -0.15) is 0 Å². The van der Waals surface area contributed by atoms with E-state index in [1.165, 1.54) is 11.1 Å². The van der Waals surface area contributed by atoms with Gasteiger partial charge in [0.1, 0.15) is 11.5 Å². The minimum Gasteiger partial charge on any atom is -0.457 e. The highest BCUT2D eigenvalue weighted by molar-refractivity contribution is 5.97. The summed E-state index contributed by atoms with van der Waals surface area (Å²) in [5, 5.41) is 0. The average Bonchev–Trinajstić information content (AvgIpc) is 2.68. The Balaban J connectivity index is 1.56. The molecule has 0 spiro atoms. The van der Waals surface area contributed by atoms with E-state index in [1.54, 1.807) is 6.20 Å². The number of nitrogens with zero attached hydrogens (tertiary/aromatic N) is 2. The van der Waals surface area contributed by atoms with Gasteiger partial charge >= 0.3 is 0 Å². The molecule has 4 heteroatoms. The third-order valence-electron chi connectivity index (χ3n) is 5.06. The van der Waals surface area contributed by atoms with Crippen molar-refractivity contribution in [2.45, 2.75) is 26.8 Å². The molecule has 0 saturated heterocycles. The predicted octanol–water partition coefficient (Wildman–Crippen LogP) is 4.69. The summed E-state index contributed by atoms with van der Waals surface area (Å²) in [6.45, 7) is 5.44. The summed E-state index contributed by atoms with van der Waals surface area (Å²) in [7, 11) is 0. The summed E-state index contributed by atoms with van der Waals surface area (Å²) in [4.78, 5) is 19.0. The number of benzene rings is 2. The number of hydrogen-bond donors (Lipinski definition) is 0. The number of aryl methyl sites for hydroxylation is 2. The van der Waals surface area contributed by atoms with E-state index in [2.05, 4.69) is 18.8 Å². The van der Waals surface area contributed by atoms with E-state index in [0.29, 0.717) is 12.3 Å². The smallest absolute Gasteiger partial charge is 0.254 e. The topological polar surface area (TPSA) is 42.4 Å². The molecule has 0 unspecified atom stereocenters. The lowest BCUT2D eigenvalue weighted by Crippen LogP contribution is -2.37. The van der Waals surface area contributed by atoms with Crippen LogP contribution >= 0.6 is 0 Å². The van der Waals surface area contributed by atoms with Crippen molar-refractivity contribution in [1.29, 1.82) is 0 Å². The van der Waals surface area contributed by atoms with Gasteiger partial charge in [0.2, 0.25) is 0 Å². The second kappa shape index (κ2) is 7.23. The van der Waals surface area contributed by atoms with Gasteiger partial charge in [0.25, 0.3) is 5.91 Å². The molecule has 0 atom stereocenters. The Hall–Kier alpha value is -3.14. The van der Waals surface area contributed by atoms with E-state index >= 15 is 0 Å². The molecule has 0 fully saturated rings. The van der Waals surface area contributed by atoms with Gasteiger partial charge in [0, 0.05) is 31.0 Å². The van der Waals surface area contributed by atoms with Crippen LogP contribution < -0.4 is 4.74 Å². The van der Waals surface area contributed by atoms with Crippen LogP contribution in [-0.4, -0.2) is 22.3 Å². The zero-order valence-corrected chi connectivity index (χ0v) is 15.6. The molecule has 2 heterocycles. The van der Waals surface area contributed by atoms with Crippen molar-refractivity contribution in [1.82, 2.24) is 9.88 Å². The van der Waals surface area contributed by atoms with Crippen molar-refractivity contribution in [2.75, 3.05) is 6.54 Å². The number of pyridine rings is 1. The molecule has 1 aliphatic rings. The summed E-state index contributed by atoms with van der Waals surface area (Å²) >= 11 is 0. The molecule has 1 aliphatic heterocycles. The molecule has 0 bridgehead atoms. The minimum absolute atomic E-state index is 0.0469. The van der Waals surface area contributed by atoms with Gasteiger partial charge in [0.15, 0.2) is 0 Å². The number of rotatable bonds is 4. The molecule has 1 amide bonds. The fraction of sp³-hybridized carbons (Fsp3) is 0.217. The second-order valence-electron chi connectivity index (χ2n) is 7.01. The number of ether oxygens (including phenoxy) is 1. The van der Waals surface area contributed by atoms with Crippen molar-refractivity contribution in [3.05, 3.63) is 88.7 Å². The Bertz CT molecular complexity index is 983. The summed E-state index contributed by atoms with van der Waals surface area (Å²) in [6, 6.07) is 15.7. The SMILES string of the molecule is Cc1ccc(Oc2ccc3c(c2)C(=O)N(Cc2cccnc2)CC3)cc1C. The summed E-state index contributed by atoms with van der Waals surface area (Å²) in [6.07, 6.45) is 4.40. The van der Waals surface area contributed by atoms with E-state index in [9.17, 15) is 4.79 Å². The first-order valence-corrected chi connectivity index (χ1v) is 9.16. The lowest BCUT2D eigenvalue weighted by molar-refractivity contribution is 0.0726. The molecule has 136 valence electrons. The molecular weight excluding hydrogens is 336 g/mol. The predicted molar refractivity (Wildman–Crippen MR) is 105 cm³/mol. The van der Waals surface area contributed by atoms with Crippen molar-refractivity contribution in [3.8, 4) is 11.5 Å². The number of hydrogen-bond acceptors (Lipinski definition) is 3. The van der Waals surface area contributed by atoms with Gasteiger partial charge in [-0.25, -0.2) is 0 Å². The normalized spacial score (nSPS) is 13.4. The maximum absolute atomic E-state index is 13.0. The number of amides is 1. The number of aromatic nitrogens is 1. The highest BCUT2D eigenvalue weighted by Gasteiger charge is 2.25. The number of carbonyl (C=O) groups excluding carboxylic acids is 1. The van der Waals surface area contributed by atoms with Crippen LogP contribution in [-0.2, 0) is 13.0 Å². The quantitative estimate of drug-likeness (QED) is 0.679. The first kappa shape index (κ1) is 17.3. The highest BCUT2D eigenvalue weighted by Crippen LogP contribution is 2.29. The molecule has 0 N–H and O–H groups in total. The zero-order chi connectivity index (χ0) is 18.8. The Morgan fingerprint density at radius 3 is 2.63 bits per heavy atom. The van der Waals surface area contributed by atoms with Crippen LogP contribution in [0.5, 0.6) is 11.5 Å². The Morgan fingerprint density at radius 2 is 1.85 bits per heavy atom. The maximum atomic E-state index is 13.0. The molecule has 1 aromatic heterocycles. The number of carbonyl (C=O) groups is 1. The summed E-state index contributed by atoms with van der Waals surface area (Å²) in [5.74, 6) is 1.52. The molecule has 3 aromatic rings. The van der Waals surface area contributed by atoms with Gasteiger partial charge in [0.05, 0.1) is 0 Å². The van der Waals surface area contributed by atoms with Crippen LogP contribution in [0.2, 0.25) is 0 Å². The fourth-order valence-corrected chi connectivity index (χ4v) is 3.34. The van der Waals surface area contributed by atoms with Crippen molar-refractivity contribution >= 4 is 5.91 Å². The number of fused-ring (bicyclic) bond motifs is 1. The largest absolute Gasteiger partial charge is 0.457 e. The zero-order valence-electron chi connectivity index (χ0n) is 15.6. The molecule has 0 saturated carbocycles. The van der Waals surface area contributed by atoms with Crippen LogP contribution in [0.3, 0.4) is 0 Å². The molecule has 27 heavy (non-hydrogen) atoms. The molecule has 0 aliphatic carbocycles. The Kier molecular flexibility index (Phi) is 4.63. The van der Waals surface area contributed by atoms with Gasteiger partial charge < -0.3 is 9.64 Å². The van der Waals surface area contributed by atoms with Gasteiger partial charge in [-0.15, -0.1) is 0 Å². The van der Waals surface area contributed by atoms with Crippen molar-refractivity contribution in [2.24, 2.45) is 0 Å². The molecule has 2 aromatic carbocycles. The van der Waals surface area contributed by atoms with E-state index in [0.717, 1.165) is 35.4 Å². The van der Waals surface area contributed by atoms with E-state index < -0.39 is 0 Å². The van der Waals surface area contributed by atoms with Gasteiger partial charge in [-0.05, 0) is 72.9 Å². The van der Waals surface area contributed by atoms with E-state index in [1.807, 2.05) is 59.6 Å². The van der Waals surface area contributed by atoms with E-state index in [4.69, 9.17) is 4.74 Å². The minimum atomic E-state index is 0.0469. The van der Waals surface area contributed by atoms with Crippen LogP contribution in [0.25, 0.3) is 0 Å². The van der Waals surface area contributed by atoms with E-state index in [-0.39, 0.29) is 5.91 Å². The van der Waals surface area contributed by atoms with Crippen molar-refractivity contribution in [3.63, 3.8) is 0 Å². The van der Waals surface area contributed by atoms with Crippen molar-refractivity contribution < 1.29 is 9.53 Å². The maximum Gasteiger partial charge on any atom is 0.254 e. The summed E-state index contributed by atoms with van der Waals surface area (Å²) < 4.78 is 6.00. The molecular formula is C23H22N2O2. The van der Waals surface area contributed by atoms with Crippen LogP contribution in [0.1, 0.15) is 32.6 Å². The first-order chi connectivity index (χ1) is 13.1. The summed E-state index contributed by atoms with van der Waals surface area (Å²) in [5.41, 5.74) is 5.26. The molecule has 0 radical (unpaired) electrons. The second-order valence-corrected chi connectivity index (χ2v) is 7.01. The van der Waals surface area contributed by atoms with Crippen LogP contribution in [0, 0.1) is 13.8 Å². The highest BCUT2D eigenvalue weighted by atomic mass is 16.5. The lowest BCUT2D eigenvalue weighted by atomic mass is 9.98. The third-order valence-corrected chi connectivity index (χ3v) is 5.06. The Morgan fingerprint density at radius 1 is 1.04 bits per heavy atom.